The molecule has 0 aromatic heterocycles. The zero-order chi connectivity index (χ0) is 11.0. The number of hydrogen-bond donors (Lipinski definition) is 1. The van der Waals surface area contributed by atoms with E-state index in [9.17, 15) is 9.59 Å². The maximum Gasteiger partial charge on any atom is 0.284 e. The monoisotopic (exact) mass is 204 g/mol. The van der Waals surface area contributed by atoms with Gasteiger partial charge in [-0.2, -0.15) is 0 Å². The topological polar surface area (TPSA) is 70.0 Å². The van der Waals surface area contributed by atoms with E-state index in [0.717, 1.165) is 0 Å². The van der Waals surface area contributed by atoms with Gasteiger partial charge in [0.05, 0.1) is 5.69 Å². The summed E-state index contributed by atoms with van der Waals surface area (Å²) in [5, 5.41) is 11.3. The highest BCUT2D eigenvalue weighted by atomic mass is 16.4. The summed E-state index contributed by atoms with van der Waals surface area (Å²) in [6.45, 7) is 0. The number of fused-ring (bicyclic) bond motifs is 1. The second-order valence-electron chi connectivity index (χ2n) is 3.16. The molecule has 1 aliphatic heterocycles. The number of carbonyl (C=O) groups excluding carboxylic acids is 2. The maximum absolute atomic E-state index is 11.7. The van der Waals surface area contributed by atoms with Gasteiger partial charge < -0.3 is 10.1 Å². The molecule has 5 heteroatoms. The van der Waals surface area contributed by atoms with Crippen LogP contribution in [0.2, 0.25) is 0 Å². The normalized spacial score (nSPS) is 18.2. The van der Waals surface area contributed by atoms with Gasteiger partial charge in [0.25, 0.3) is 5.91 Å². The summed E-state index contributed by atoms with van der Waals surface area (Å²) in [7, 11) is 1.53. The van der Waals surface area contributed by atoms with Crippen molar-refractivity contribution in [1.29, 1.82) is 0 Å². The highest BCUT2D eigenvalue weighted by Gasteiger charge is 2.34. The Bertz CT molecular complexity index is 479. The van der Waals surface area contributed by atoms with Crippen LogP contribution in [0.25, 0.3) is 0 Å². The van der Waals surface area contributed by atoms with Gasteiger partial charge in [-0.1, -0.05) is 17.3 Å². The first kappa shape index (κ1) is 9.39. The number of benzene rings is 1. The number of amides is 1. The van der Waals surface area contributed by atoms with Crippen molar-refractivity contribution < 1.29 is 14.8 Å². The van der Waals surface area contributed by atoms with Crippen LogP contribution in [0.1, 0.15) is 10.4 Å². The van der Waals surface area contributed by atoms with E-state index in [1.807, 2.05) is 0 Å². The Labute approximate surface area is 85.6 Å². The van der Waals surface area contributed by atoms with Gasteiger partial charge in [0.1, 0.15) is 0 Å². The number of ketones is 1. The lowest BCUT2D eigenvalue weighted by atomic mass is 9.99. The third-order valence-corrected chi connectivity index (χ3v) is 2.33. The summed E-state index contributed by atoms with van der Waals surface area (Å²) in [5.41, 5.74) is 0.448. The molecule has 0 radical (unpaired) electrons. The minimum absolute atomic E-state index is 0.368. The Morgan fingerprint density at radius 2 is 1.93 bits per heavy atom. The molecule has 76 valence electrons. The van der Waals surface area contributed by atoms with Crippen LogP contribution < -0.4 is 4.90 Å². The van der Waals surface area contributed by atoms with Gasteiger partial charge in [-0.25, -0.2) is 0 Å². The molecule has 0 fully saturated rings. The van der Waals surface area contributed by atoms with Crippen LogP contribution in [0.3, 0.4) is 0 Å². The van der Waals surface area contributed by atoms with E-state index in [-0.39, 0.29) is 0 Å². The average Bonchev–Trinajstić information content (AvgIpc) is 2.27. The number of nitrogens with zero attached hydrogens (tertiary/aromatic N) is 2. The number of oxime groups is 1. The van der Waals surface area contributed by atoms with E-state index in [2.05, 4.69) is 5.16 Å². The summed E-state index contributed by atoms with van der Waals surface area (Å²) in [6, 6.07) is 6.68. The van der Waals surface area contributed by atoms with Gasteiger partial charge in [0.2, 0.25) is 11.5 Å². The highest BCUT2D eigenvalue weighted by Crippen LogP contribution is 2.24. The standard InChI is InChI=1S/C10H8N2O3/c1-12-7-5-3-2-4-6(7)9(13)8(11-15)10(12)14/h2-5,15H,1H3/b11-8+. The van der Waals surface area contributed by atoms with E-state index >= 15 is 0 Å². The summed E-state index contributed by atoms with van der Waals surface area (Å²) >= 11 is 0. The van der Waals surface area contributed by atoms with E-state index in [1.54, 1.807) is 24.3 Å². The van der Waals surface area contributed by atoms with Crippen molar-refractivity contribution in [2.24, 2.45) is 5.16 Å². The molecule has 0 atom stereocenters. The minimum atomic E-state index is -0.596. The predicted octanol–water partition coefficient (Wildman–Crippen LogP) is 0.676. The molecule has 15 heavy (non-hydrogen) atoms. The zero-order valence-electron chi connectivity index (χ0n) is 7.97. The second-order valence-corrected chi connectivity index (χ2v) is 3.16. The van der Waals surface area contributed by atoms with Gasteiger partial charge in [0, 0.05) is 12.6 Å². The van der Waals surface area contributed by atoms with Crippen molar-refractivity contribution in [1.82, 2.24) is 0 Å². The molecule has 1 aliphatic rings. The van der Waals surface area contributed by atoms with E-state index in [0.29, 0.717) is 11.3 Å². The van der Waals surface area contributed by atoms with E-state index in [4.69, 9.17) is 5.21 Å². The molecule has 1 heterocycles. The van der Waals surface area contributed by atoms with Gasteiger partial charge in [-0.3, -0.25) is 9.59 Å². The van der Waals surface area contributed by atoms with Crippen molar-refractivity contribution in [3.05, 3.63) is 29.8 Å². The molecule has 2 rings (SSSR count). The lowest BCUT2D eigenvalue weighted by Crippen LogP contribution is -2.42. The first-order valence-electron chi connectivity index (χ1n) is 4.30. The Morgan fingerprint density at radius 1 is 1.27 bits per heavy atom. The fraction of sp³-hybridized carbons (Fsp3) is 0.100. The zero-order valence-corrected chi connectivity index (χ0v) is 7.97. The molecule has 0 unspecified atom stereocenters. The van der Waals surface area contributed by atoms with Gasteiger partial charge in [0.15, 0.2) is 0 Å². The molecule has 1 aromatic carbocycles. The first-order valence-corrected chi connectivity index (χ1v) is 4.30. The Morgan fingerprint density at radius 3 is 2.60 bits per heavy atom. The lowest BCUT2D eigenvalue weighted by molar-refractivity contribution is -0.112. The summed E-state index contributed by atoms with van der Waals surface area (Å²) < 4.78 is 0. The van der Waals surface area contributed by atoms with Crippen molar-refractivity contribution >= 4 is 23.1 Å². The maximum atomic E-state index is 11.7. The smallest absolute Gasteiger partial charge is 0.284 e. The SMILES string of the molecule is CN1C(=O)/C(=N/O)C(=O)c2ccccc21. The van der Waals surface area contributed by atoms with E-state index in [1.165, 1.54) is 11.9 Å². The van der Waals surface area contributed by atoms with Crippen LogP contribution in [0, 0.1) is 0 Å². The molecule has 0 aliphatic carbocycles. The Balaban J connectivity index is 2.68. The first-order chi connectivity index (χ1) is 7.16. The molecule has 1 N–H and O–H groups in total. The van der Waals surface area contributed by atoms with Gasteiger partial charge in [-0.15, -0.1) is 0 Å². The van der Waals surface area contributed by atoms with Crippen LogP contribution in [-0.2, 0) is 4.79 Å². The summed E-state index contributed by atoms with van der Waals surface area (Å²) in [6.07, 6.45) is 0. The number of hydrogen-bond acceptors (Lipinski definition) is 4. The van der Waals surface area contributed by atoms with Crippen molar-refractivity contribution in [3.8, 4) is 0 Å². The molecule has 1 amide bonds. The van der Waals surface area contributed by atoms with Crippen molar-refractivity contribution in [2.45, 2.75) is 0 Å². The fourth-order valence-electron chi connectivity index (χ4n) is 1.54. The molecule has 0 saturated carbocycles. The van der Waals surface area contributed by atoms with Crippen LogP contribution in [0.15, 0.2) is 29.4 Å². The van der Waals surface area contributed by atoms with Crippen LogP contribution in [0.4, 0.5) is 5.69 Å². The molecule has 0 spiro atoms. The number of carbonyl (C=O) groups is 2. The number of anilines is 1. The predicted molar refractivity (Wildman–Crippen MR) is 53.4 cm³/mol. The lowest BCUT2D eigenvalue weighted by Gasteiger charge is -2.24. The molecular weight excluding hydrogens is 196 g/mol. The Hall–Kier alpha value is -2.17. The third-order valence-electron chi connectivity index (χ3n) is 2.33. The van der Waals surface area contributed by atoms with Crippen LogP contribution in [0.5, 0.6) is 0 Å². The molecule has 1 aromatic rings. The average molecular weight is 204 g/mol. The van der Waals surface area contributed by atoms with Crippen molar-refractivity contribution in [3.63, 3.8) is 0 Å². The molecule has 0 saturated heterocycles. The quantitative estimate of drug-likeness (QED) is 0.499. The van der Waals surface area contributed by atoms with Gasteiger partial charge in [-0.05, 0) is 12.1 Å². The minimum Gasteiger partial charge on any atom is -0.410 e. The highest BCUT2D eigenvalue weighted by molar-refractivity contribution is 6.72. The molecule has 0 bridgehead atoms. The number of para-hydroxylation sites is 1. The number of rotatable bonds is 0. The van der Waals surface area contributed by atoms with Crippen LogP contribution >= 0.6 is 0 Å². The third kappa shape index (κ3) is 1.20. The van der Waals surface area contributed by atoms with Gasteiger partial charge >= 0.3 is 0 Å². The summed E-state index contributed by atoms with van der Waals surface area (Å²) in [4.78, 5) is 24.5. The second kappa shape index (κ2) is 3.20. The van der Waals surface area contributed by atoms with E-state index < -0.39 is 17.4 Å². The largest absolute Gasteiger partial charge is 0.410 e. The fourth-order valence-corrected chi connectivity index (χ4v) is 1.54. The summed E-state index contributed by atoms with van der Waals surface area (Å²) in [5.74, 6) is -1.14. The molecular formula is C10H8N2O3. The van der Waals surface area contributed by atoms with Crippen molar-refractivity contribution in [2.75, 3.05) is 11.9 Å². The van der Waals surface area contributed by atoms with Crippen LogP contribution in [-0.4, -0.2) is 29.7 Å². The molecule has 5 nitrogen and oxygen atoms in total. The number of Topliss-reactive ketones (excluding diaryl/α,β-unsaturated/α-hetero) is 1. The Kier molecular flexibility index (Phi) is 2.00.